The lowest BCUT2D eigenvalue weighted by Crippen LogP contribution is -2.32. The quantitative estimate of drug-likeness (QED) is 0.800. The van der Waals surface area contributed by atoms with Gasteiger partial charge in [-0.05, 0) is 18.6 Å². The van der Waals surface area contributed by atoms with Gasteiger partial charge in [-0.2, -0.15) is 0 Å². The number of nitrogens with zero attached hydrogens (tertiary/aromatic N) is 2. The van der Waals surface area contributed by atoms with E-state index in [4.69, 9.17) is 4.74 Å². The van der Waals surface area contributed by atoms with Crippen LogP contribution in [0, 0.1) is 0 Å². The first-order chi connectivity index (χ1) is 9.40. The van der Waals surface area contributed by atoms with Gasteiger partial charge in [0.25, 0.3) is 0 Å². The van der Waals surface area contributed by atoms with E-state index in [-0.39, 0.29) is 6.23 Å². The van der Waals surface area contributed by atoms with Crippen molar-refractivity contribution >= 4 is 5.69 Å². The smallest absolute Gasteiger partial charge is 0.109 e. The standard InChI is InChI=1S/C15H25N3O/c1-2-3-4-12-19-15-7-10-18(11-9-17-15)14-6-5-8-16-13-14/h5-6,8,13,15,17H,2-4,7,9-12H2,1H3. The summed E-state index contributed by atoms with van der Waals surface area (Å²) in [6.07, 6.45) is 8.66. The third kappa shape index (κ3) is 4.80. The Hall–Kier alpha value is -1.13. The van der Waals surface area contributed by atoms with Crippen LogP contribution in [0.1, 0.15) is 32.6 Å². The number of pyridine rings is 1. The molecule has 0 amide bonds. The van der Waals surface area contributed by atoms with Gasteiger partial charge in [-0.1, -0.05) is 19.8 Å². The molecule has 1 aliphatic rings. The minimum absolute atomic E-state index is 0.207. The zero-order valence-corrected chi connectivity index (χ0v) is 11.8. The zero-order valence-electron chi connectivity index (χ0n) is 11.8. The molecule has 1 aromatic heterocycles. The second-order valence-electron chi connectivity index (χ2n) is 5.01. The first-order valence-electron chi connectivity index (χ1n) is 7.40. The number of unbranched alkanes of at least 4 members (excludes halogenated alkanes) is 2. The minimum atomic E-state index is 0.207. The number of aromatic nitrogens is 1. The molecule has 1 atom stereocenters. The van der Waals surface area contributed by atoms with Crippen molar-refractivity contribution in [2.45, 2.75) is 38.8 Å². The van der Waals surface area contributed by atoms with Crippen LogP contribution in [0.15, 0.2) is 24.5 Å². The van der Waals surface area contributed by atoms with Crippen LogP contribution in [0.2, 0.25) is 0 Å². The van der Waals surface area contributed by atoms with Crippen LogP contribution in [-0.4, -0.2) is 37.5 Å². The van der Waals surface area contributed by atoms with Crippen molar-refractivity contribution in [1.29, 1.82) is 0 Å². The van der Waals surface area contributed by atoms with Gasteiger partial charge in [0.1, 0.15) is 6.23 Å². The predicted octanol–water partition coefficient (Wildman–Crippen LogP) is 2.41. The van der Waals surface area contributed by atoms with Crippen LogP contribution >= 0.6 is 0 Å². The first-order valence-corrected chi connectivity index (χ1v) is 7.40. The maximum atomic E-state index is 5.90. The topological polar surface area (TPSA) is 37.4 Å². The lowest BCUT2D eigenvalue weighted by molar-refractivity contribution is 0.0277. The van der Waals surface area contributed by atoms with Crippen molar-refractivity contribution in [2.24, 2.45) is 0 Å². The summed E-state index contributed by atoms with van der Waals surface area (Å²) >= 11 is 0. The fraction of sp³-hybridized carbons (Fsp3) is 0.667. The van der Waals surface area contributed by atoms with Gasteiger partial charge < -0.3 is 9.64 Å². The summed E-state index contributed by atoms with van der Waals surface area (Å²) in [5, 5.41) is 3.47. The normalized spacial score (nSPS) is 20.3. The number of hydrogen-bond donors (Lipinski definition) is 1. The summed E-state index contributed by atoms with van der Waals surface area (Å²) < 4.78 is 5.90. The van der Waals surface area contributed by atoms with Crippen LogP contribution in [0.25, 0.3) is 0 Å². The molecule has 1 aromatic rings. The van der Waals surface area contributed by atoms with Gasteiger partial charge in [-0.25, -0.2) is 0 Å². The van der Waals surface area contributed by atoms with E-state index in [1.165, 1.54) is 24.9 Å². The molecular weight excluding hydrogens is 238 g/mol. The highest BCUT2D eigenvalue weighted by Crippen LogP contribution is 2.14. The van der Waals surface area contributed by atoms with Gasteiger partial charge in [0.15, 0.2) is 0 Å². The lowest BCUT2D eigenvalue weighted by Gasteiger charge is -2.21. The zero-order chi connectivity index (χ0) is 13.3. The number of ether oxygens (including phenoxy) is 1. The highest BCUT2D eigenvalue weighted by atomic mass is 16.5. The summed E-state index contributed by atoms with van der Waals surface area (Å²) in [7, 11) is 0. The Morgan fingerprint density at radius 3 is 3.16 bits per heavy atom. The van der Waals surface area contributed by atoms with E-state index in [9.17, 15) is 0 Å². The van der Waals surface area contributed by atoms with Gasteiger partial charge in [0.2, 0.25) is 0 Å². The number of hydrogen-bond acceptors (Lipinski definition) is 4. The highest BCUT2D eigenvalue weighted by molar-refractivity contribution is 5.43. The highest BCUT2D eigenvalue weighted by Gasteiger charge is 2.16. The Morgan fingerprint density at radius 2 is 2.37 bits per heavy atom. The summed E-state index contributed by atoms with van der Waals surface area (Å²) in [6, 6.07) is 4.11. The van der Waals surface area contributed by atoms with Crippen molar-refractivity contribution < 1.29 is 4.74 Å². The molecule has 2 heterocycles. The average Bonchev–Trinajstić information content (AvgIpc) is 2.70. The van der Waals surface area contributed by atoms with Crippen LogP contribution in [0.5, 0.6) is 0 Å². The number of rotatable bonds is 6. The van der Waals surface area contributed by atoms with E-state index in [0.29, 0.717) is 0 Å². The molecule has 0 aromatic carbocycles. The molecule has 1 unspecified atom stereocenters. The Balaban J connectivity index is 1.75. The predicted molar refractivity (Wildman–Crippen MR) is 78.3 cm³/mol. The van der Waals surface area contributed by atoms with Crippen LogP contribution in [-0.2, 0) is 4.74 Å². The van der Waals surface area contributed by atoms with Crippen molar-refractivity contribution in [3.63, 3.8) is 0 Å². The van der Waals surface area contributed by atoms with Crippen molar-refractivity contribution in [1.82, 2.24) is 10.3 Å². The van der Waals surface area contributed by atoms with Crippen LogP contribution in [0.4, 0.5) is 5.69 Å². The van der Waals surface area contributed by atoms with Gasteiger partial charge in [0.05, 0.1) is 11.9 Å². The average molecular weight is 263 g/mol. The van der Waals surface area contributed by atoms with Crippen LogP contribution < -0.4 is 10.2 Å². The van der Waals surface area contributed by atoms with Crippen LogP contribution in [0.3, 0.4) is 0 Å². The molecule has 1 saturated heterocycles. The second kappa shape index (κ2) is 8.12. The fourth-order valence-corrected chi connectivity index (χ4v) is 2.37. The lowest BCUT2D eigenvalue weighted by atomic mass is 10.3. The van der Waals surface area contributed by atoms with E-state index in [0.717, 1.165) is 32.7 Å². The maximum Gasteiger partial charge on any atom is 0.109 e. The molecule has 0 aliphatic carbocycles. The molecule has 0 bridgehead atoms. The van der Waals surface area contributed by atoms with Crippen molar-refractivity contribution in [3.05, 3.63) is 24.5 Å². The summed E-state index contributed by atoms with van der Waals surface area (Å²) in [4.78, 5) is 6.56. The minimum Gasteiger partial charge on any atom is -0.369 e. The first kappa shape index (κ1) is 14.3. The second-order valence-corrected chi connectivity index (χ2v) is 5.01. The number of nitrogens with one attached hydrogen (secondary N) is 1. The monoisotopic (exact) mass is 263 g/mol. The molecule has 1 aliphatic heterocycles. The van der Waals surface area contributed by atoms with Crippen molar-refractivity contribution in [3.8, 4) is 0 Å². The Morgan fingerprint density at radius 1 is 1.42 bits per heavy atom. The van der Waals surface area contributed by atoms with Gasteiger partial charge >= 0.3 is 0 Å². The molecular formula is C15H25N3O. The summed E-state index contributed by atoms with van der Waals surface area (Å²) in [6.45, 7) is 6.10. The SMILES string of the molecule is CCCCCOC1CCN(c2cccnc2)CCN1. The Bertz CT molecular complexity index is 345. The molecule has 106 valence electrons. The number of anilines is 1. The molecule has 0 saturated carbocycles. The molecule has 19 heavy (non-hydrogen) atoms. The third-order valence-electron chi connectivity index (χ3n) is 3.49. The molecule has 2 rings (SSSR count). The van der Waals surface area contributed by atoms with Gasteiger partial charge in [0, 0.05) is 38.9 Å². The van der Waals surface area contributed by atoms with Gasteiger partial charge in [-0.3, -0.25) is 10.3 Å². The van der Waals surface area contributed by atoms with E-state index >= 15 is 0 Å². The third-order valence-corrected chi connectivity index (χ3v) is 3.49. The Kier molecular flexibility index (Phi) is 6.11. The Labute approximate surface area is 116 Å². The summed E-state index contributed by atoms with van der Waals surface area (Å²) in [5.74, 6) is 0. The molecule has 4 heteroatoms. The largest absolute Gasteiger partial charge is 0.369 e. The maximum absolute atomic E-state index is 5.90. The molecule has 0 radical (unpaired) electrons. The van der Waals surface area contributed by atoms with E-state index in [2.05, 4.69) is 28.2 Å². The summed E-state index contributed by atoms with van der Waals surface area (Å²) in [5.41, 5.74) is 1.20. The van der Waals surface area contributed by atoms with E-state index in [1.807, 2.05) is 18.5 Å². The van der Waals surface area contributed by atoms with E-state index < -0.39 is 0 Å². The van der Waals surface area contributed by atoms with E-state index in [1.54, 1.807) is 0 Å². The molecule has 0 spiro atoms. The molecule has 1 fully saturated rings. The molecule has 4 nitrogen and oxygen atoms in total. The van der Waals surface area contributed by atoms with Gasteiger partial charge in [-0.15, -0.1) is 0 Å². The van der Waals surface area contributed by atoms with Crippen molar-refractivity contribution in [2.75, 3.05) is 31.1 Å². The fourth-order valence-electron chi connectivity index (χ4n) is 2.37. The molecule has 1 N–H and O–H groups in total.